The summed E-state index contributed by atoms with van der Waals surface area (Å²) in [4.78, 5) is 2.99. The number of hydrogen-bond donors (Lipinski definition) is 1. The van der Waals surface area contributed by atoms with Gasteiger partial charge in [-0.15, -0.1) is 0 Å². The van der Waals surface area contributed by atoms with E-state index >= 15 is 0 Å². The van der Waals surface area contributed by atoms with Gasteiger partial charge in [0, 0.05) is 48.2 Å². The quantitative estimate of drug-likeness (QED) is 0.512. The van der Waals surface area contributed by atoms with Crippen LogP contribution in [0, 0.1) is 17.6 Å². The Labute approximate surface area is 199 Å². The van der Waals surface area contributed by atoms with Crippen molar-refractivity contribution in [2.75, 3.05) is 31.0 Å². The van der Waals surface area contributed by atoms with E-state index < -0.39 is 26.6 Å². The van der Waals surface area contributed by atoms with Gasteiger partial charge in [-0.1, -0.05) is 23.7 Å². The van der Waals surface area contributed by atoms with Crippen molar-refractivity contribution in [2.24, 2.45) is 5.92 Å². The summed E-state index contributed by atoms with van der Waals surface area (Å²) >= 11 is 6.81. The van der Waals surface area contributed by atoms with Gasteiger partial charge in [-0.2, -0.15) is 4.37 Å². The van der Waals surface area contributed by atoms with E-state index in [1.165, 1.54) is 13.4 Å². The van der Waals surface area contributed by atoms with E-state index in [-0.39, 0.29) is 29.3 Å². The van der Waals surface area contributed by atoms with E-state index in [9.17, 15) is 17.2 Å². The third-order valence-corrected chi connectivity index (χ3v) is 8.48. The first-order valence-corrected chi connectivity index (χ1v) is 12.7. The molecule has 12 heteroatoms. The second-order valence-electron chi connectivity index (χ2n) is 7.63. The van der Waals surface area contributed by atoms with Crippen molar-refractivity contribution in [1.82, 2.24) is 14.7 Å². The molecule has 0 unspecified atom stereocenters. The number of hydrogen-bond acceptors (Lipinski definition) is 7. The Hall–Kier alpha value is -2.34. The van der Waals surface area contributed by atoms with Crippen LogP contribution in [0.3, 0.4) is 0 Å². The minimum Gasteiger partial charge on any atom is -0.490 e. The Morgan fingerprint density at radius 3 is 2.70 bits per heavy atom. The predicted molar refractivity (Wildman–Crippen MR) is 123 cm³/mol. The zero-order chi connectivity index (χ0) is 23.6. The lowest BCUT2D eigenvalue weighted by Gasteiger charge is -2.32. The second-order valence-corrected chi connectivity index (χ2v) is 10.8. The first kappa shape index (κ1) is 23.8. The smallest absolute Gasteiger partial charge is 0.268 e. The summed E-state index contributed by atoms with van der Waals surface area (Å²) < 4.78 is 65.1. The molecule has 33 heavy (non-hydrogen) atoms. The Morgan fingerprint density at radius 2 is 2.00 bits per heavy atom. The highest BCUT2D eigenvalue weighted by Gasteiger charge is 2.30. The molecule has 0 saturated carbocycles. The Bertz CT molecular complexity index is 1210. The summed E-state index contributed by atoms with van der Waals surface area (Å²) in [7, 11) is -3.17. The van der Waals surface area contributed by atoms with Crippen molar-refractivity contribution in [3.8, 4) is 5.75 Å². The van der Waals surface area contributed by atoms with Gasteiger partial charge in [-0.05, 0) is 36.6 Å². The Kier molecular flexibility index (Phi) is 7.13. The zero-order valence-corrected chi connectivity index (χ0v) is 19.9. The highest BCUT2D eigenvalue weighted by molar-refractivity contribution is 7.93. The summed E-state index contributed by atoms with van der Waals surface area (Å²) in [6.07, 6.45) is 2.04. The van der Waals surface area contributed by atoms with E-state index in [4.69, 9.17) is 16.3 Å². The molecular weight excluding hydrogens is 494 g/mol. The summed E-state index contributed by atoms with van der Waals surface area (Å²) in [5.74, 6) is -2.25. The van der Waals surface area contributed by atoms with Crippen molar-refractivity contribution in [3.63, 3.8) is 0 Å². The fourth-order valence-corrected chi connectivity index (χ4v) is 5.84. The number of ether oxygens (including phenoxy) is 1. The van der Waals surface area contributed by atoms with Crippen LogP contribution < -0.4 is 14.4 Å². The third-order valence-electron chi connectivity index (χ3n) is 5.60. The van der Waals surface area contributed by atoms with Gasteiger partial charge in [-0.3, -0.25) is 0 Å². The van der Waals surface area contributed by atoms with Crippen LogP contribution in [0.25, 0.3) is 0 Å². The predicted octanol–water partition coefficient (Wildman–Crippen LogP) is 4.07. The SMILES string of the molecule is CN(c1ncns1)S(=O)(=O)c1cc(F)c(OC[C@@H]2CNCC[C@H]2c2ccc(Cl)cc2)cc1F. The van der Waals surface area contributed by atoms with Gasteiger partial charge in [0.25, 0.3) is 10.0 Å². The van der Waals surface area contributed by atoms with Crippen molar-refractivity contribution < 1.29 is 21.9 Å². The maximum absolute atomic E-state index is 14.8. The molecule has 3 aromatic rings. The monoisotopic (exact) mass is 514 g/mol. The Balaban J connectivity index is 1.52. The van der Waals surface area contributed by atoms with Gasteiger partial charge in [-0.25, -0.2) is 26.5 Å². The molecule has 0 radical (unpaired) electrons. The molecule has 1 fully saturated rings. The molecule has 1 N–H and O–H groups in total. The van der Waals surface area contributed by atoms with E-state index in [0.29, 0.717) is 17.6 Å². The van der Waals surface area contributed by atoms with Crippen LogP contribution in [0.2, 0.25) is 5.02 Å². The fourth-order valence-electron chi connectivity index (χ4n) is 3.82. The molecule has 2 heterocycles. The number of nitrogens with zero attached hydrogens (tertiary/aromatic N) is 3. The molecule has 0 bridgehead atoms. The van der Waals surface area contributed by atoms with E-state index in [2.05, 4.69) is 14.7 Å². The number of halogens is 3. The molecule has 7 nitrogen and oxygen atoms in total. The van der Waals surface area contributed by atoms with Crippen LogP contribution in [0.4, 0.5) is 13.9 Å². The first-order chi connectivity index (χ1) is 15.8. The number of anilines is 1. The molecule has 0 amide bonds. The van der Waals surface area contributed by atoms with E-state index in [1.54, 1.807) is 0 Å². The lowest BCUT2D eigenvalue weighted by atomic mass is 9.81. The highest BCUT2D eigenvalue weighted by Crippen LogP contribution is 2.33. The zero-order valence-electron chi connectivity index (χ0n) is 17.5. The van der Waals surface area contributed by atoms with Crippen LogP contribution in [0.1, 0.15) is 17.9 Å². The van der Waals surface area contributed by atoms with Crippen LogP contribution in [-0.4, -0.2) is 44.5 Å². The minimum absolute atomic E-state index is 0.00864. The van der Waals surface area contributed by atoms with Gasteiger partial charge < -0.3 is 10.1 Å². The van der Waals surface area contributed by atoms with Crippen LogP contribution >= 0.6 is 23.1 Å². The van der Waals surface area contributed by atoms with Gasteiger partial charge in [0.1, 0.15) is 17.0 Å². The van der Waals surface area contributed by atoms with Gasteiger partial charge >= 0.3 is 0 Å². The average molecular weight is 515 g/mol. The lowest BCUT2D eigenvalue weighted by molar-refractivity contribution is 0.190. The largest absolute Gasteiger partial charge is 0.490 e. The van der Waals surface area contributed by atoms with Gasteiger partial charge in [0.2, 0.25) is 5.13 Å². The molecule has 0 aliphatic carbocycles. The van der Waals surface area contributed by atoms with Crippen LogP contribution in [0.15, 0.2) is 47.6 Å². The molecule has 176 valence electrons. The highest BCUT2D eigenvalue weighted by atomic mass is 35.5. The van der Waals surface area contributed by atoms with Gasteiger partial charge in [0.05, 0.1) is 6.61 Å². The number of benzene rings is 2. The number of rotatable bonds is 7. The number of nitrogens with one attached hydrogen (secondary N) is 1. The summed E-state index contributed by atoms with van der Waals surface area (Å²) in [6, 6.07) is 8.96. The maximum atomic E-state index is 14.8. The molecule has 1 saturated heterocycles. The molecule has 1 aliphatic rings. The minimum atomic E-state index is -4.37. The standard InChI is InChI=1S/C21H21ClF2N4O3S2/c1-28(21-26-12-27-32-21)33(29,30)20-9-17(23)19(8-18(20)24)31-11-14-10-25-7-6-16(14)13-2-4-15(22)5-3-13/h2-5,8-9,12,14,16,25H,6-7,10-11H2,1H3/t14-,16-/m0/s1. The molecular formula is C21H21ClF2N4O3S2. The maximum Gasteiger partial charge on any atom is 0.268 e. The van der Waals surface area contributed by atoms with Crippen molar-refractivity contribution in [2.45, 2.75) is 17.2 Å². The lowest BCUT2D eigenvalue weighted by Crippen LogP contribution is -2.38. The molecule has 2 atom stereocenters. The third kappa shape index (κ3) is 5.11. The summed E-state index contributed by atoms with van der Waals surface area (Å²) in [6.45, 7) is 1.62. The number of sulfonamides is 1. The van der Waals surface area contributed by atoms with Crippen LogP contribution in [0.5, 0.6) is 5.75 Å². The second kappa shape index (κ2) is 9.88. The average Bonchev–Trinajstić information content (AvgIpc) is 3.34. The molecule has 0 spiro atoms. The van der Waals surface area contributed by atoms with Crippen molar-refractivity contribution in [3.05, 3.63) is 64.9 Å². The van der Waals surface area contributed by atoms with Gasteiger partial charge in [0.15, 0.2) is 11.6 Å². The summed E-state index contributed by atoms with van der Waals surface area (Å²) in [5, 5.41) is 3.97. The molecule has 2 aromatic carbocycles. The van der Waals surface area contributed by atoms with E-state index in [0.717, 1.165) is 40.4 Å². The van der Waals surface area contributed by atoms with Crippen molar-refractivity contribution in [1.29, 1.82) is 0 Å². The number of aromatic nitrogens is 2. The van der Waals surface area contributed by atoms with Crippen molar-refractivity contribution >= 4 is 38.3 Å². The Morgan fingerprint density at radius 1 is 1.24 bits per heavy atom. The topological polar surface area (TPSA) is 84.4 Å². The molecule has 1 aliphatic heterocycles. The van der Waals surface area contributed by atoms with Crippen LogP contribution in [-0.2, 0) is 10.0 Å². The first-order valence-electron chi connectivity index (χ1n) is 10.1. The number of piperidine rings is 1. The molecule has 4 rings (SSSR count). The fraction of sp³-hybridized carbons (Fsp3) is 0.333. The molecule has 1 aromatic heterocycles. The summed E-state index contributed by atoms with van der Waals surface area (Å²) in [5.41, 5.74) is 1.10. The normalized spacial score (nSPS) is 18.8. The van der Waals surface area contributed by atoms with E-state index in [1.807, 2.05) is 24.3 Å².